The van der Waals surface area contributed by atoms with E-state index in [1.165, 1.54) is 19.1 Å². The number of hydrogen-bond donors (Lipinski definition) is 1. The minimum atomic E-state index is -1.06. The van der Waals surface area contributed by atoms with Crippen molar-refractivity contribution in [3.63, 3.8) is 0 Å². The van der Waals surface area contributed by atoms with E-state index in [9.17, 15) is 19.2 Å². The second-order valence-electron chi connectivity index (χ2n) is 7.85. The lowest BCUT2D eigenvalue weighted by Crippen LogP contribution is -2.31. The first-order valence-corrected chi connectivity index (χ1v) is 10.4. The van der Waals surface area contributed by atoms with E-state index in [0.29, 0.717) is 16.8 Å². The van der Waals surface area contributed by atoms with Gasteiger partial charge in [-0.05, 0) is 62.2 Å². The Balaban J connectivity index is 1.49. The van der Waals surface area contributed by atoms with Crippen LogP contribution < -0.4 is 10.2 Å². The number of para-hydroxylation sites is 1. The number of rotatable bonds is 5. The third-order valence-corrected chi connectivity index (χ3v) is 5.52. The summed E-state index contributed by atoms with van der Waals surface area (Å²) in [5.74, 6) is -2.11. The van der Waals surface area contributed by atoms with Gasteiger partial charge in [0.25, 0.3) is 17.7 Å². The van der Waals surface area contributed by atoms with E-state index in [4.69, 9.17) is 4.74 Å². The number of anilines is 2. The van der Waals surface area contributed by atoms with Crippen LogP contribution in [0.15, 0.2) is 66.7 Å². The smallest absolute Gasteiger partial charge is 0.338 e. The number of hydrogen-bond acceptors (Lipinski definition) is 5. The van der Waals surface area contributed by atoms with Crippen LogP contribution in [-0.4, -0.2) is 29.8 Å². The largest absolute Gasteiger partial charge is 0.449 e. The number of nitrogens with zero attached hydrogens (tertiary/aromatic N) is 1. The Morgan fingerprint density at radius 2 is 1.42 bits per heavy atom. The summed E-state index contributed by atoms with van der Waals surface area (Å²) >= 11 is 0. The molecule has 0 radical (unpaired) electrons. The van der Waals surface area contributed by atoms with Crippen LogP contribution in [-0.2, 0) is 9.53 Å². The second kappa shape index (κ2) is 8.70. The summed E-state index contributed by atoms with van der Waals surface area (Å²) in [6.45, 7) is 5.24. The molecule has 1 heterocycles. The first-order chi connectivity index (χ1) is 15.8. The zero-order valence-corrected chi connectivity index (χ0v) is 18.4. The Morgan fingerprint density at radius 3 is 2.03 bits per heavy atom. The molecule has 7 nitrogen and oxygen atoms in total. The average molecular weight is 442 g/mol. The van der Waals surface area contributed by atoms with Crippen molar-refractivity contribution in [1.82, 2.24) is 0 Å². The molecule has 33 heavy (non-hydrogen) atoms. The van der Waals surface area contributed by atoms with Gasteiger partial charge in [-0.3, -0.25) is 14.4 Å². The summed E-state index contributed by atoms with van der Waals surface area (Å²) in [6.07, 6.45) is -1.06. The number of ether oxygens (including phenoxy) is 1. The lowest BCUT2D eigenvalue weighted by Gasteiger charge is -2.17. The van der Waals surface area contributed by atoms with Gasteiger partial charge in [0, 0.05) is 5.69 Å². The Bertz CT molecular complexity index is 1240. The fourth-order valence-corrected chi connectivity index (χ4v) is 3.71. The van der Waals surface area contributed by atoms with Crippen molar-refractivity contribution in [2.24, 2.45) is 0 Å². The molecule has 0 saturated heterocycles. The monoisotopic (exact) mass is 442 g/mol. The zero-order chi connectivity index (χ0) is 23.7. The highest BCUT2D eigenvalue weighted by molar-refractivity contribution is 6.34. The molecule has 0 unspecified atom stereocenters. The molecular formula is C26H22N2O5. The number of nitrogens with one attached hydrogen (secondary N) is 1. The third-order valence-electron chi connectivity index (χ3n) is 5.52. The van der Waals surface area contributed by atoms with Crippen LogP contribution in [0, 0.1) is 13.8 Å². The maximum Gasteiger partial charge on any atom is 0.338 e. The zero-order valence-electron chi connectivity index (χ0n) is 18.4. The molecule has 0 bridgehead atoms. The number of imide groups is 1. The highest BCUT2D eigenvalue weighted by Crippen LogP contribution is 2.29. The number of carbonyl (C=O) groups excluding carboxylic acids is 4. The summed E-state index contributed by atoms with van der Waals surface area (Å²) < 4.78 is 5.34. The summed E-state index contributed by atoms with van der Waals surface area (Å²) in [5, 5.41) is 2.80. The predicted molar refractivity (Wildman–Crippen MR) is 123 cm³/mol. The Hall–Kier alpha value is -4.26. The van der Waals surface area contributed by atoms with Crippen LogP contribution in [0.25, 0.3) is 0 Å². The first-order valence-electron chi connectivity index (χ1n) is 10.4. The number of esters is 1. The Kier molecular flexibility index (Phi) is 5.79. The van der Waals surface area contributed by atoms with Crippen LogP contribution in [0.2, 0.25) is 0 Å². The van der Waals surface area contributed by atoms with E-state index in [1.54, 1.807) is 36.4 Å². The highest BCUT2D eigenvalue weighted by Gasteiger charge is 2.36. The lowest BCUT2D eigenvalue weighted by molar-refractivity contribution is -0.123. The van der Waals surface area contributed by atoms with Crippen LogP contribution in [0.1, 0.15) is 49.1 Å². The molecule has 0 aromatic heterocycles. The fraction of sp³-hybridized carbons (Fsp3) is 0.154. The summed E-state index contributed by atoms with van der Waals surface area (Å²) in [7, 11) is 0. The fourth-order valence-electron chi connectivity index (χ4n) is 3.71. The normalized spacial score (nSPS) is 13.5. The van der Waals surface area contributed by atoms with E-state index in [0.717, 1.165) is 16.0 Å². The molecule has 1 atom stereocenters. The minimum absolute atomic E-state index is 0.121. The Morgan fingerprint density at radius 1 is 0.848 bits per heavy atom. The molecule has 166 valence electrons. The van der Waals surface area contributed by atoms with Gasteiger partial charge in [0.15, 0.2) is 6.10 Å². The van der Waals surface area contributed by atoms with Crippen molar-refractivity contribution in [2.75, 3.05) is 10.2 Å². The molecular weight excluding hydrogens is 420 g/mol. The van der Waals surface area contributed by atoms with Gasteiger partial charge in [0.05, 0.1) is 22.4 Å². The molecule has 7 heteroatoms. The second-order valence-corrected chi connectivity index (χ2v) is 7.85. The summed E-state index contributed by atoms with van der Waals surface area (Å²) in [5.41, 5.74) is 3.47. The van der Waals surface area contributed by atoms with Crippen LogP contribution in [0.5, 0.6) is 0 Å². The molecule has 4 rings (SSSR count). The number of fused-ring (bicyclic) bond motifs is 1. The highest BCUT2D eigenvalue weighted by atomic mass is 16.5. The molecule has 3 aromatic rings. The van der Waals surface area contributed by atoms with Gasteiger partial charge < -0.3 is 10.1 Å². The lowest BCUT2D eigenvalue weighted by atomic mass is 10.1. The van der Waals surface area contributed by atoms with Crippen molar-refractivity contribution >= 4 is 35.1 Å². The number of aryl methyl sites for hydroxylation is 2. The Labute approximate surface area is 191 Å². The molecule has 0 aliphatic carbocycles. The van der Waals surface area contributed by atoms with Crippen molar-refractivity contribution in [3.8, 4) is 0 Å². The molecule has 1 aliphatic rings. The number of carbonyl (C=O) groups is 4. The maximum absolute atomic E-state index is 12.7. The SMILES string of the molecule is Cc1cccc(C)c1NC(=O)[C@@H](C)OC(=O)c1cccc(N2C(=O)c3ccccc3C2=O)c1. The molecule has 0 saturated carbocycles. The number of benzene rings is 3. The van der Waals surface area contributed by atoms with Gasteiger partial charge in [-0.25, -0.2) is 9.69 Å². The predicted octanol–water partition coefficient (Wildman–Crippen LogP) is 4.29. The van der Waals surface area contributed by atoms with E-state index >= 15 is 0 Å². The van der Waals surface area contributed by atoms with Gasteiger partial charge in [0.1, 0.15) is 0 Å². The van der Waals surface area contributed by atoms with Gasteiger partial charge >= 0.3 is 5.97 Å². The van der Waals surface area contributed by atoms with E-state index in [1.807, 2.05) is 32.0 Å². The first kappa shape index (κ1) is 22.0. The van der Waals surface area contributed by atoms with Crippen molar-refractivity contribution in [3.05, 3.63) is 94.5 Å². The molecule has 1 N–H and O–H groups in total. The maximum atomic E-state index is 12.7. The van der Waals surface area contributed by atoms with Gasteiger partial charge in [-0.2, -0.15) is 0 Å². The van der Waals surface area contributed by atoms with E-state index in [2.05, 4.69) is 5.32 Å². The summed E-state index contributed by atoms with van der Waals surface area (Å²) in [4.78, 5) is 51.8. The van der Waals surface area contributed by atoms with Gasteiger partial charge in [-0.15, -0.1) is 0 Å². The van der Waals surface area contributed by atoms with Gasteiger partial charge in [-0.1, -0.05) is 36.4 Å². The van der Waals surface area contributed by atoms with Crippen LogP contribution in [0.4, 0.5) is 11.4 Å². The summed E-state index contributed by atoms with van der Waals surface area (Å²) in [6, 6.07) is 18.2. The molecule has 3 aromatic carbocycles. The standard InChI is InChI=1S/C26H22N2O5/c1-15-8-6-9-16(2)22(15)27-23(29)17(3)33-26(32)18-10-7-11-19(14-18)28-24(30)20-12-4-5-13-21(20)25(28)31/h4-14,17H,1-3H3,(H,27,29)/t17-/m1/s1. The average Bonchev–Trinajstić information content (AvgIpc) is 3.06. The minimum Gasteiger partial charge on any atom is -0.449 e. The molecule has 1 aliphatic heterocycles. The van der Waals surface area contributed by atoms with Gasteiger partial charge in [0.2, 0.25) is 0 Å². The topological polar surface area (TPSA) is 92.8 Å². The van der Waals surface area contributed by atoms with Crippen molar-refractivity contribution < 1.29 is 23.9 Å². The van der Waals surface area contributed by atoms with Crippen LogP contribution >= 0.6 is 0 Å². The van der Waals surface area contributed by atoms with Crippen molar-refractivity contribution in [1.29, 1.82) is 0 Å². The molecule has 0 spiro atoms. The third kappa shape index (κ3) is 4.13. The quantitative estimate of drug-likeness (QED) is 0.470. The molecule has 3 amide bonds. The van der Waals surface area contributed by atoms with Crippen LogP contribution in [0.3, 0.4) is 0 Å². The van der Waals surface area contributed by atoms with E-state index in [-0.39, 0.29) is 11.3 Å². The van der Waals surface area contributed by atoms with Crippen molar-refractivity contribution in [2.45, 2.75) is 26.9 Å². The number of amides is 3. The van der Waals surface area contributed by atoms with E-state index < -0.39 is 29.8 Å². The molecule has 0 fully saturated rings.